The third-order valence-corrected chi connectivity index (χ3v) is 0.569. The lowest BCUT2D eigenvalue weighted by Gasteiger charge is -1.72. The molecule has 0 spiro atoms. The second-order valence-electron chi connectivity index (χ2n) is 1.27. The summed E-state index contributed by atoms with van der Waals surface area (Å²) >= 11 is 5.18. The van der Waals surface area contributed by atoms with E-state index in [1.165, 1.54) is 0 Å². The topological polar surface area (TPSA) is 0 Å². The van der Waals surface area contributed by atoms with E-state index in [-0.39, 0.29) is 0 Å². The summed E-state index contributed by atoms with van der Waals surface area (Å²) in [4.78, 5) is 0. The first-order valence-corrected chi connectivity index (χ1v) is 13.1. The van der Waals surface area contributed by atoms with Crippen molar-refractivity contribution in [2.75, 3.05) is 0 Å². The highest BCUT2D eigenvalue weighted by atomic mass is 127. The first kappa shape index (κ1) is 13.5. The van der Waals surface area contributed by atoms with Crippen LogP contribution in [0.1, 0.15) is 19.8 Å². The molecule has 0 unspecified atom stereocenters. The fourth-order valence-electron chi connectivity index (χ4n) is 0.285. The van der Waals surface area contributed by atoms with Gasteiger partial charge in [0.1, 0.15) is 0 Å². The minimum absolute atomic E-state index is 0.357. The van der Waals surface area contributed by atoms with Gasteiger partial charge >= 0.3 is 12.6 Å². The van der Waals surface area contributed by atoms with E-state index in [1.807, 2.05) is 0 Å². The van der Waals surface area contributed by atoms with Gasteiger partial charge in [0.25, 0.3) is 0 Å². The van der Waals surface area contributed by atoms with E-state index < -0.39 is 0 Å². The molecule has 3 heteroatoms. The van der Waals surface area contributed by atoms with Crippen LogP contribution in [-0.4, -0.2) is 12.6 Å². The quantitative estimate of drug-likeness (QED) is 0.401. The number of rotatable bonds is 2. The van der Waals surface area contributed by atoms with Crippen LogP contribution in [-0.2, 0) is 0 Å². The van der Waals surface area contributed by atoms with Crippen LogP contribution in [0.4, 0.5) is 0 Å². The number of hydrogen-bond donors (Lipinski definition) is 0. The van der Waals surface area contributed by atoms with E-state index in [1.54, 1.807) is 0 Å². The molecule has 1 radical (unpaired) electrons. The van der Waals surface area contributed by atoms with Gasteiger partial charge in [-0.2, -0.15) is 0 Å². The molecule has 0 saturated carbocycles. The van der Waals surface area contributed by atoms with Gasteiger partial charge in [0.05, 0.1) is 0 Å². The second kappa shape index (κ2) is 16.5. The van der Waals surface area contributed by atoms with Crippen LogP contribution in [0, 0.1) is 6.92 Å². The summed E-state index contributed by atoms with van der Waals surface area (Å²) in [7, 11) is 0. The highest BCUT2D eigenvalue weighted by molar-refractivity contribution is 14.3. The maximum atomic E-state index is 3.64. The average molecular weight is 361 g/mol. The van der Waals surface area contributed by atoms with Gasteiger partial charge in [-0.1, -0.05) is 19.1 Å². The van der Waals surface area contributed by atoms with E-state index in [4.69, 9.17) is 0 Å². The SMILES string of the molecule is [CH2]C/C=C\CC.[I][Mg][I]. The van der Waals surface area contributed by atoms with Crippen LogP contribution in [0.15, 0.2) is 12.2 Å². The summed E-state index contributed by atoms with van der Waals surface area (Å²) in [6.07, 6.45) is 6.25. The summed E-state index contributed by atoms with van der Waals surface area (Å²) in [5.74, 6) is 0. The van der Waals surface area contributed by atoms with Crippen molar-refractivity contribution in [1.29, 1.82) is 0 Å². The fourth-order valence-corrected chi connectivity index (χ4v) is 0.285. The maximum Gasteiger partial charge on any atom is 0.552 e. The Bertz CT molecular complexity index is 49.0. The first-order valence-electron chi connectivity index (χ1n) is 2.89. The second-order valence-corrected chi connectivity index (χ2v) is 14.8. The Morgan fingerprint density at radius 1 is 1.44 bits per heavy atom. The summed E-state index contributed by atoms with van der Waals surface area (Å²) in [6.45, 7) is 5.75. The number of allylic oxidation sites excluding steroid dienone is 2. The Labute approximate surface area is 87.7 Å². The molecular formula is C6H11I2Mg. The molecule has 0 aliphatic heterocycles. The van der Waals surface area contributed by atoms with Gasteiger partial charge in [0.2, 0.25) is 0 Å². The molecular weight excluding hydrogens is 350 g/mol. The molecule has 0 bridgehead atoms. The van der Waals surface area contributed by atoms with Crippen molar-refractivity contribution in [3.05, 3.63) is 19.1 Å². The molecule has 0 N–H and O–H groups in total. The standard InChI is InChI=1S/C6H11.2HI.Mg/c1-3-5-6-4-2;;;/h5-6H,1,3-4H2,2H3;2*1H;/q;;;+2/p-2/b6-5-;;;. The van der Waals surface area contributed by atoms with Crippen molar-refractivity contribution in [2.45, 2.75) is 19.8 Å². The monoisotopic (exact) mass is 361 g/mol. The minimum atomic E-state index is 0.357. The van der Waals surface area contributed by atoms with Crippen molar-refractivity contribution in [1.82, 2.24) is 0 Å². The Kier molecular flexibility index (Phi) is 24.9. The largest absolute Gasteiger partial charge is 0.552 e. The molecule has 9 heavy (non-hydrogen) atoms. The molecule has 0 rings (SSSR count). The van der Waals surface area contributed by atoms with Gasteiger partial charge in [-0.25, -0.2) is 0 Å². The van der Waals surface area contributed by atoms with Crippen LogP contribution in [0.5, 0.6) is 0 Å². The molecule has 0 heterocycles. The third-order valence-electron chi connectivity index (χ3n) is 0.569. The number of halogens is 2. The minimum Gasteiger partial charge on any atom is -0.276 e. The zero-order valence-corrected chi connectivity index (χ0v) is 11.5. The summed E-state index contributed by atoms with van der Waals surface area (Å²) < 4.78 is 0. The summed E-state index contributed by atoms with van der Waals surface area (Å²) in [6, 6.07) is 0. The Morgan fingerprint density at radius 2 is 1.89 bits per heavy atom. The fraction of sp³-hybridized carbons (Fsp3) is 0.500. The molecule has 0 saturated heterocycles. The molecule has 0 amide bonds. The molecule has 0 aromatic carbocycles. The maximum absolute atomic E-state index is 3.64. The van der Waals surface area contributed by atoms with Gasteiger partial charge in [0, 0.05) is 0 Å². The van der Waals surface area contributed by atoms with Gasteiger partial charge < -0.3 is 0 Å². The molecule has 0 aromatic rings. The van der Waals surface area contributed by atoms with Gasteiger partial charge in [-0.3, -0.25) is 37.7 Å². The van der Waals surface area contributed by atoms with Crippen LogP contribution in [0.3, 0.4) is 0 Å². The molecule has 0 aliphatic carbocycles. The highest BCUT2D eigenvalue weighted by Crippen LogP contribution is 1.81. The molecule has 0 nitrogen and oxygen atoms in total. The zero-order valence-electron chi connectivity index (χ0n) is 5.74. The number of hydrogen-bond acceptors (Lipinski definition) is 0. The predicted molar refractivity (Wildman–Crippen MR) is 63.2 cm³/mol. The molecule has 0 aromatic heterocycles. The summed E-state index contributed by atoms with van der Waals surface area (Å²) in [5.41, 5.74) is 0. The van der Waals surface area contributed by atoms with Gasteiger partial charge in [-0.05, 0) is 19.8 Å². The van der Waals surface area contributed by atoms with Crippen molar-refractivity contribution < 1.29 is 0 Å². The molecule has 0 fully saturated rings. The molecule has 0 aliphatic rings. The van der Waals surface area contributed by atoms with Crippen molar-refractivity contribution in [2.24, 2.45) is 0 Å². The zero-order chi connectivity index (χ0) is 7.54. The Morgan fingerprint density at radius 3 is 2.00 bits per heavy atom. The molecule has 0 atom stereocenters. The van der Waals surface area contributed by atoms with Crippen molar-refractivity contribution >= 4 is 50.3 Å². The lowest BCUT2D eigenvalue weighted by Crippen LogP contribution is -1.51. The molecule has 51 valence electrons. The first-order chi connectivity index (χ1) is 4.33. The third kappa shape index (κ3) is 25.6. The van der Waals surface area contributed by atoms with Gasteiger partial charge in [-0.15, -0.1) is 0 Å². The average Bonchev–Trinajstić information content (AvgIpc) is 1.86. The van der Waals surface area contributed by atoms with E-state index in [9.17, 15) is 0 Å². The lowest BCUT2D eigenvalue weighted by atomic mass is 10.4. The van der Waals surface area contributed by atoms with Crippen LogP contribution >= 0.6 is 37.7 Å². The van der Waals surface area contributed by atoms with Crippen LogP contribution in [0.2, 0.25) is 0 Å². The smallest absolute Gasteiger partial charge is 0.276 e. The van der Waals surface area contributed by atoms with Crippen LogP contribution in [0.25, 0.3) is 0 Å². The summed E-state index contributed by atoms with van der Waals surface area (Å²) in [5, 5.41) is 0. The van der Waals surface area contributed by atoms with E-state index in [0.717, 1.165) is 12.8 Å². The normalized spacial score (nSPS) is 8.00. The van der Waals surface area contributed by atoms with Crippen LogP contribution < -0.4 is 0 Å². The Balaban J connectivity index is 0. The predicted octanol–water partition coefficient (Wildman–Crippen LogP) is 3.57. The van der Waals surface area contributed by atoms with Crippen molar-refractivity contribution in [3.63, 3.8) is 0 Å². The van der Waals surface area contributed by atoms with E-state index >= 15 is 0 Å². The van der Waals surface area contributed by atoms with Gasteiger partial charge in [0.15, 0.2) is 0 Å². The highest BCUT2D eigenvalue weighted by Gasteiger charge is 1.61. The van der Waals surface area contributed by atoms with E-state index in [0.29, 0.717) is 12.6 Å². The Hall–Kier alpha value is 1.97. The van der Waals surface area contributed by atoms with E-state index in [2.05, 4.69) is 63.7 Å². The lowest BCUT2D eigenvalue weighted by molar-refractivity contribution is 1.20. The van der Waals surface area contributed by atoms with Crippen molar-refractivity contribution in [3.8, 4) is 0 Å².